The lowest BCUT2D eigenvalue weighted by atomic mass is 9.82. The smallest absolute Gasteiger partial charge is 0.427 e. The maximum atomic E-state index is 12.7. The van der Waals surface area contributed by atoms with Crippen molar-refractivity contribution in [3.05, 3.63) is 34.1 Å². The van der Waals surface area contributed by atoms with E-state index in [1.165, 1.54) is 12.1 Å². The Morgan fingerprint density at radius 1 is 1.33 bits per heavy atom. The van der Waals surface area contributed by atoms with E-state index in [1.807, 2.05) is 0 Å². The summed E-state index contributed by atoms with van der Waals surface area (Å²) in [5, 5.41) is 17.2. The van der Waals surface area contributed by atoms with Gasteiger partial charge in [-0.3, -0.25) is 0 Å². The third-order valence-electron chi connectivity index (χ3n) is 1.34. The van der Waals surface area contributed by atoms with Crippen molar-refractivity contribution < 1.29 is 14.4 Å². The normalized spacial score (nSPS) is 10.0. The lowest BCUT2D eigenvalue weighted by molar-refractivity contribution is 0.405. The minimum absolute atomic E-state index is 0.0381. The molecule has 0 amide bonds. The van der Waals surface area contributed by atoms with Gasteiger partial charge in [-0.1, -0.05) is 15.9 Å². The predicted octanol–water partition coefficient (Wildman–Crippen LogP) is 1.14. The van der Waals surface area contributed by atoms with Gasteiger partial charge in [-0.2, -0.15) is 0 Å². The maximum absolute atomic E-state index is 12.7. The summed E-state index contributed by atoms with van der Waals surface area (Å²) in [7, 11) is -1.43. The fourth-order valence-corrected chi connectivity index (χ4v) is 1.45. The van der Waals surface area contributed by atoms with Crippen LogP contribution in [-0.4, -0.2) is 17.2 Å². The third-order valence-corrected chi connectivity index (χ3v) is 1.80. The zero-order chi connectivity index (χ0) is 9.14. The standard InChI is InChI=1S/C7H7BBrFO2/c9-6-1-5(4-8(11)12)2-7(10)3-6/h1-3,11-12H,4H2. The molecule has 0 aliphatic rings. The molecule has 2 nitrogen and oxygen atoms in total. The zero-order valence-electron chi connectivity index (χ0n) is 6.17. The molecule has 0 fully saturated rings. The first-order valence-corrected chi connectivity index (χ1v) is 4.18. The van der Waals surface area contributed by atoms with Gasteiger partial charge in [0, 0.05) is 10.8 Å². The molecule has 0 aromatic heterocycles. The Hall–Kier alpha value is -0.385. The van der Waals surface area contributed by atoms with Crippen LogP contribution in [0.1, 0.15) is 5.56 Å². The lowest BCUT2D eigenvalue weighted by Crippen LogP contribution is -2.15. The van der Waals surface area contributed by atoms with Gasteiger partial charge >= 0.3 is 7.12 Å². The van der Waals surface area contributed by atoms with Gasteiger partial charge in [0.25, 0.3) is 0 Å². The second-order valence-corrected chi connectivity index (χ2v) is 3.38. The van der Waals surface area contributed by atoms with Crippen LogP contribution in [0.4, 0.5) is 4.39 Å². The van der Waals surface area contributed by atoms with Crippen LogP contribution >= 0.6 is 15.9 Å². The number of hydrogen-bond acceptors (Lipinski definition) is 2. The molecule has 1 aromatic rings. The molecule has 0 radical (unpaired) electrons. The largest absolute Gasteiger partial charge is 0.456 e. The Balaban J connectivity index is 2.85. The molecule has 12 heavy (non-hydrogen) atoms. The molecule has 64 valence electrons. The minimum atomic E-state index is -1.43. The van der Waals surface area contributed by atoms with Gasteiger partial charge < -0.3 is 10.0 Å². The summed E-state index contributed by atoms with van der Waals surface area (Å²) >= 11 is 3.10. The predicted molar refractivity (Wildman–Crippen MR) is 48.0 cm³/mol. The fraction of sp³-hybridized carbons (Fsp3) is 0.143. The van der Waals surface area contributed by atoms with Crippen molar-refractivity contribution >= 4 is 23.0 Å². The maximum Gasteiger partial charge on any atom is 0.456 e. The highest BCUT2D eigenvalue weighted by Gasteiger charge is 2.09. The topological polar surface area (TPSA) is 40.5 Å². The number of halogens is 2. The molecule has 0 atom stereocenters. The Morgan fingerprint density at radius 3 is 2.50 bits per heavy atom. The molecule has 0 saturated carbocycles. The first kappa shape index (κ1) is 9.70. The third kappa shape index (κ3) is 2.93. The number of rotatable bonds is 2. The molecule has 2 N–H and O–H groups in total. The van der Waals surface area contributed by atoms with Crippen LogP contribution in [0.15, 0.2) is 22.7 Å². The molecular formula is C7H7BBrFO2. The Kier molecular flexibility index (Phi) is 3.25. The van der Waals surface area contributed by atoms with Crippen LogP contribution in [0.5, 0.6) is 0 Å². The first-order chi connectivity index (χ1) is 5.58. The Morgan fingerprint density at radius 2 is 2.00 bits per heavy atom. The highest BCUT2D eigenvalue weighted by atomic mass is 79.9. The van der Waals surface area contributed by atoms with E-state index in [4.69, 9.17) is 10.0 Å². The van der Waals surface area contributed by atoms with E-state index in [0.717, 1.165) is 0 Å². The van der Waals surface area contributed by atoms with Gasteiger partial charge in [0.15, 0.2) is 0 Å². The summed E-state index contributed by atoms with van der Waals surface area (Å²) < 4.78 is 13.3. The van der Waals surface area contributed by atoms with Crippen LogP contribution in [0.3, 0.4) is 0 Å². The van der Waals surface area contributed by atoms with E-state index >= 15 is 0 Å². The second-order valence-electron chi connectivity index (χ2n) is 2.46. The molecule has 0 spiro atoms. The summed E-state index contributed by atoms with van der Waals surface area (Å²) in [4.78, 5) is 0. The van der Waals surface area contributed by atoms with E-state index in [1.54, 1.807) is 6.07 Å². The van der Waals surface area contributed by atoms with Crippen molar-refractivity contribution in [3.63, 3.8) is 0 Å². The van der Waals surface area contributed by atoms with Crippen LogP contribution in [0, 0.1) is 5.82 Å². The van der Waals surface area contributed by atoms with Gasteiger partial charge in [0.2, 0.25) is 0 Å². The van der Waals surface area contributed by atoms with Crippen LogP contribution in [-0.2, 0) is 6.32 Å². The molecule has 0 bridgehead atoms. The van der Waals surface area contributed by atoms with Crippen LogP contribution in [0.2, 0.25) is 0 Å². The summed E-state index contributed by atoms with van der Waals surface area (Å²) in [5.74, 6) is -0.389. The molecule has 1 rings (SSSR count). The van der Waals surface area contributed by atoms with Crippen molar-refractivity contribution in [2.75, 3.05) is 0 Å². The Bertz CT molecular complexity index is 260. The van der Waals surface area contributed by atoms with Crippen molar-refractivity contribution in [1.82, 2.24) is 0 Å². The summed E-state index contributed by atoms with van der Waals surface area (Å²) in [6.07, 6.45) is 0.0381. The van der Waals surface area contributed by atoms with Gasteiger partial charge in [0.05, 0.1) is 0 Å². The summed E-state index contributed by atoms with van der Waals surface area (Å²) in [6.45, 7) is 0. The summed E-state index contributed by atoms with van der Waals surface area (Å²) in [5.41, 5.74) is 0.553. The molecule has 0 aliphatic carbocycles. The fourth-order valence-electron chi connectivity index (χ4n) is 0.940. The first-order valence-electron chi connectivity index (χ1n) is 3.39. The van der Waals surface area contributed by atoms with Crippen molar-refractivity contribution in [2.45, 2.75) is 6.32 Å². The van der Waals surface area contributed by atoms with E-state index < -0.39 is 7.12 Å². The van der Waals surface area contributed by atoms with Gasteiger partial charge in [0.1, 0.15) is 5.82 Å². The molecule has 0 aliphatic heterocycles. The monoisotopic (exact) mass is 232 g/mol. The molecule has 0 saturated heterocycles. The highest BCUT2D eigenvalue weighted by molar-refractivity contribution is 9.10. The van der Waals surface area contributed by atoms with Crippen molar-refractivity contribution in [2.24, 2.45) is 0 Å². The average molecular weight is 233 g/mol. The van der Waals surface area contributed by atoms with E-state index in [2.05, 4.69) is 15.9 Å². The van der Waals surface area contributed by atoms with Crippen LogP contribution in [0.25, 0.3) is 0 Å². The summed E-state index contributed by atoms with van der Waals surface area (Å²) in [6, 6.07) is 4.22. The Labute approximate surface area is 78.3 Å². The average Bonchev–Trinajstić information content (AvgIpc) is 1.81. The molecule has 0 heterocycles. The SMILES string of the molecule is OB(O)Cc1cc(F)cc(Br)c1. The highest BCUT2D eigenvalue weighted by Crippen LogP contribution is 2.15. The minimum Gasteiger partial charge on any atom is -0.427 e. The van der Waals surface area contributed by atoms with E-state index in [-0.39, 0.29) is 12.1 Å². The van der Waals surface area contributed by atoms with Crippen molar-refractivity contribution in [3.8, 4) is 0 Å². The number of benzene rings is 1. The molecular weight excluding hydrogens is 226 g/mol. The molecule has 0 unspecified atom stereocenters. The van der Waals surface area contributed by atoms with Crippen LogP contribution < -0.4 is 0 Å². The van der Waals surface area contributed by atoms with E-state index in [0.29, 0.717) is 10.0 Å². The second kappa shape index (κ2) is 4.02. The van der Waals surface area contributed by atoms with Crippen molar-refractivity contribution in [1.29, 1.82) is 0 Å². The van der Waals surface area contributed by atoms with Gasteiger partial charge in [-0.25, -0.2) is 4.39 Å². The lowest BCUT2D eigenvalue weighted by Gasteiger charge is -2.00. The number of hydrogen-bond donors (Lipinski definition) is 2. The van der Waals surface area contributed by atoms with Gasteiger partial charge in [-0.15, -0.1) is 0 Å². The molecule has 5 heteroatoms. The molecule has 1 aromatic carbocycles. The van der Waals surface area contributed by atoms with Gasteiger partial charge in [-0.05, 0) is 23.8 Å². The van der Waals surface area contributed by atoms with E-state index in [9.17, 15) is 4.39 Å². The quantitative estimate of drug-likeness (QED) is 0.752. The zero-order valence-corrected chi connectivity index (χ0v) is 7.75.